The number of hydrogen-bond donors (Lipinski definition) is 1. The van der Waals surface area contributed by atoms with Crippen molar-refractivity contribution in [2.24, 2.45) is 10.9 Å². The first-order valence-electron chi connectivity index (χ1n) is 9.25. The Kier molecular flexibility index (Phi) is 9.25. The predicted octanol–water partition coefficient (Wildman–Crippen LogP) is 3.21. The maximum atomic E-state index is 6.29. The minimum atomic E-state index is 0. The lowest BCUT2D eigenvalue weighted by Crippen LogP contribution is -2.41. The molecule has 1 fully saturated rings. The van der Waals surface area contributed by atoms with Crippen molar-refractivity contribution in [2.75, 3.05) is 53.6 Å². The minimum absolute atomic E-state index is 0. The third-order valence-electron chi connectivity index (χ3n) is 4.55. The lowest BCUT2D eigenvalue weighted by molar-refractivity contribution is 0.115. The summed E-state index contributed by atoms with van der Waals surface area (Å²) in [5, 5.41) is 3.99. The fourth-order valence-electron chi connectivity index (χ4n) is 2.85. The molecule has 0 amide bonds. The van der Waals surface area contributed by atoms with Gasteiger partial charge < -0.3 is 24.4 Å². The fourth-order valence-corrected chi connectivity index (χ4v) is 3.14. The Labute approximate surface area is 183 Å². The van der Waals surface area contributed by atoms with Crippen LogP contribution in [0.3, 0.4) is 0 Å². The average Bonchev–Trinajstić information content (AvgIpc) is 3.47. The molecule has 1 aromatic rings. The second-order valence-corrected chi connectivity index (χ2v) is 7.17. The summed E-state index contributed by atoms with van der Waals surface area (Å²) >= 11 is 6.29. The Morgan fingerprint density at radius 1 is 1.33 bits per heavy atom. The molecule has 152 valence electrons. The van der Waals surface area contributed by atoms with Crippen molar-refractivity contribution in [1.29, 1.82) is 0 Å². The Morgan fingerprint density at radius 3 is 2.85 bits per heavy atom. The number of benzene rings is 1. The summed E-state index contributed by atoms with van der Waals surface area (Å²) in [4.78, 5) is 6.43. The highest BCUT2D eigenvalue weighted by atomic mass is 127. The number of nitrogens with zero attached hydrogens (tertiary/aromatic N) is 2. The average molecular weight is 510 g/mol. The molecule has 0 bridgehead atoms. The number of fused-ring (bicyclic) bond motifs is 1. The molecular formula is C19H29ClIN3O3. The molecule has 2 aliphatic rings. The van der Waals surface area contributed by atoms with Gasteiger partial charge in [0.15, 0.2) is 17.5 Å². The molecule has 3 rings (SSSR count). The molecule has 8 heteroatoms. The SMILES string of the molecule is CN=C(NCCc1cc(Cl)c2c(c1)OCCO2)N(C)CCOCC1CC1.I. The zero-order chi connectivity index (χ0) is 18.4. The molecule has 6 nitrogen and oxygen atoms in total. The van der Waals surface area contributed by atoms with E-state index >= 15 is 0 Å². The van der Waals surface area contributed by atoms with E-state index in [4.69, 9.17) is 25.8 Å². The van der Waals surface area contributed by atoms with Crippen LogP contribution in [0.2, 0.25) is 5.02 Å². The van der Waals surface area contributed by atoms with E-state index in [0.29, 0.717) is 24.0 Å². The van der Waals surface area contributed by atoms with Crippen molar-refractivity contribution in [1.82, 2.24) is 10.2 Å². The lowest BCUT2D eigenvalue weighted by Gasteiger charge is -2.22. The third-order valence-corrected chi connectivity index (χ3v) is 4.83. The minimum Gasteiger partial charge on any atom is -0.486 e. The largest absolute Gasteiger partial charge is 0.486 e. The molecule has 1 aliphatic carbocycles. The van der Waals surface area contributed by atoms with E-state index in [1.807, 2.05) is 19.2 Å². The van der Waals surface area contributed by atoms with Crippen molar-refractivity contribution in [3.63, 3.8) is 0 Å². The Bertz CT molecular complexity index is 641. The summed E-state index contributed by atoms with van der Waals surface area (Å²) in [7, 11) is 3.82. The van der Waals surface area contributed by atoms with Crippen molar-refractivity contribution in [2.45, 2.75) is 19.3 Å². The number of ether oxygens (including phenoxy) is 3. The van der Waals surface area contributed by atoms with Gasteiger partial charge in [-0.25, -0.2) is 0 Å². The van der Waals surface area contributed by atoms with Crippen LogP contribution in [0.15, 0.2) is 17.1 Å². The highest BCUT2D eigenvalue weighted by molar-refractivity contribution is 14.0. The molecule has 0 atom stereocenters. The number of nitrogens with one attached hydrogen (secondary N) is 1. The van der Waals surface area contributed by atoms with Gasteiger partial charge in [-0.15, -0.1) is 24.0 Å². The lowest BCUT2D eigenvalue weighted by atomic mass is 10.1. The van der Waals surface area contributed by atoms with Gasteiger partial charge in [-0.1, -0.05) is 11.6 Å². The van der Waals surface area contributed by atoms with Gasteiger partial charge in [0, 0.05) is 33.8 Å². The summed E-state index contributed by atoms with van der Waals surface area (Å²) in [6.45, 7) is 4.31. The molecule has 0 radical (unpaired) electrons. The highest BCUT2D eigenvalue weighted by Gasteiger charge is 2.21. The number of rotatable bonds is 8. The number of hydrogen-bond acceptors (Lipinski definition) is 4. The molecule has 1 aliphatic heterocycles. The van der Waals surface area contributed by atoms with Crippen LogP contribution in [0.4, 0.5) is 0 Å². The summed E-state index contributed by atoms with van der Waals surface area (Å²) in [6.07, 6.45) is 3.47. The van der Waals surface area contributed by atoms with Crippen molar-refractivity contribution < 1.29 is 14.2 Å². The summed E-state index contributed by atoms with van der Waals surface area (Å²) < 4.78 is 16.9. The Morgan fingerprint density at radius 2 is 2.11 bits per heavy atom. The van der Waals surface area contributed by atoms with E-state index in [1.165, 1.54) is 12.8 Å². The van der Waals surface area contributed by atoms with Crippen molar-refractivity contribution in [3.8, 4) is 11.5 Å². The summed E-state index contributed by atoms with van der Waals surface area (Å²) in [5.74, 6) is 3.05. The smallest absolute Gasteiger partial charge is 0.193 e. The van der Waals surface area contributed by atoms with Gasteiger partial charge in [0.05, 0.1) is 11.6 Å². The van der Waals surface area contributed by atoms with Crippen LogP contribution in [0.1, 0.15) is 18.4 Å². The van der Waals surface area contributed by atoms with Crippen LogP contribution in [0.25, 0.3) is 0 Å². The molecule has 1 heterocycles. The first-order valence-corrected chi connectivity index (χ1v) is 9.62. The van der Waals surface area contributed by atoms with Crippen LogP contribution in [0.5, 0.6) is 11.5 Å². The second-order valence-electron chi connectivity index (χ2n) is 6.77. The molecule has 0 unspecified atom stereocenters. The van der Waals surface area contributed by atoms with E-state index < -0.39 is 0 Å². The highest BCUT2D eigenvalue weighted by Crippen LogP contribution is 2.38. The van der Waals surface area contributed by atoms with Gasteiger partial charge in [-0.3, -0.25) is 4.99 Å². The number of aliphatic imine (C=N–C) groups is 1. The van der Waals surface area contributed by atoms with Crippen LogP contribution in [0, 0.1) is 5.92 Å². The van der Waals surface area contributed by atoms with Crippen molar-refractivity contribution >= 4 is 41.5 Å². The van der Waals surface area contributed by atoms with Gasteiger partial charge >= 0.3 is 0 Å². The first-order chi connectivity index (χ1) is 12.7. The van der Waals surface area contributed by atoms with E-state index in [9.17, 15) is 0 Å². The van der Waals surface area contributed by atoms with E-state index in [1.54, 1.807) is 7.05 Å². The zero-order valence-electron chi connectivity index (χ0n) is 16.0. The maximum Gasteiger partial charge on any atom is 0.193 e. The third kappa shape index (κ3) is 6.87. The topological polar surface area (TPSA) is 55.3 Å². The van der Waals surface area contributed by atoms with Crippen LogP contribution >= 0.6 is 35.6 Å². The molecule has 0 spiro atoms. The molecule has 0 saturated heterocycles. The summed E-state index contributed by atoms with van der Waals surface area (Å²) in [6, 6.07) is 3.94. The predicted molar refractivity (Wildman–Crippen MR) is 119 cm³/mol. The van der Waals surface area contributed by atoms with Crippen LogP contribution < -0.4 is 14.8 Å². The Hall–Kier alpha value is -0.930. The van der Waals surface area contributed by atoms with E-state index in [0.717, 1.165) is 55.9 Å². The number of guanidine groups is 1. The standard InChI is InChI=1S/C19H28ClN3O3.HI/c1-21-19(23(2)7-8-24-13-14-3-4-14)22-6-5-15-11-16(20)18-17(12-15)25-9-10-26-18;/h11-12,14H,3-10,13H2,1-2H3,(H,21,22);1H. The molecule has 1 saturated carbocycles. The van der Waals surface area contributed by atoms with Gasteiger partial charge in [0.2, 0.25) is 0 Å². The van der Waals surface area contributed by atoms with E-state index in [-0.39, 0.29) is 24.0 Å². The monoisotopic (exact) mass is 509 g/mol. The number of likely N-dealkylation sites (N-methyl/N-ethyl adjacent to an activating group) is 1. The van der Waals surface area contributed by atoms with Gasteiger partial charge in [0.25, 0.3) is 0 Å². The molecule has 1 aromatic carbocycles. The quantitative estimate of drug-likeness (QED) is 0.252. The first kappa shape index (κ1) is 22.4. The van der Waals surface area contributed by atoms with Gasteiger partial charge in [0.1, 0.15) is 13.2 Å². The zero-order valence-corrected chi connectivity index (χ0v) is 19.1. The number of halogens is 2. The molecule has 1 N–H and O–H groups in total. The summed E-state index contributed by atoms with van der Waals surface area (Å²) in [5.41, 5.74) is 1.11. The van der Waals surface area contributed by atoms with E-state index in [2.05, 4.69) is 15.2 Å². The molecule has 27 heavy (non-hydrogen) atoms. The molecular weight excluding hydrogens is 481 g/mol. The van der Waals surface area contributed by atoms with Gasteiger partial charge in [-0.2, -0.15) is 0 Å². The van der Waals surface area contributed by atoms with Gasteiger partial charge in [-0.05, 0) is 42.9 Å². The Balaban J connectivity index is 0.00000261. The normalized spacial score (nSPS) is 15.9. The van der Waals surface area contributed by atoms with Crippen LogP contribution in [-0.4, -0.2) is 64.5 Å². The molecule has 0 aromatic heterocycles. The maximum absolute atomic E-state index is 6.29. The second kappa shape index (κ2) is 11.2. The van der Waals surface area contributed by atoms with Crippen LogP contribution in [-0.2, 0) is 11.2 Å². The fraction of sp³-hybridized carbons (Fsp3) is 0.632. The van der Waals surface area contributed by atoms with Crippen molar-refractivity contribution in [3.05, 3.63) is 22.7 Å².